The number of halogens is 3. The van der Waals surface area contributed by atoms with Crippen molar-refractivity contribution in [2.24, 2.45) is 0 Å². The minimum atomic E-state index is -0.280. The Balaban J connectivity index is 2.56. The van der Waals surface area contributed by atoms with Crippen molar-refractivity contribution in [1.82, 2.24) is 9.78 Å². The molecule has 0 unspecified atom stereocenters. The van der Waals surface area contributed by atoms with Crippen molar-refractivity contribution in [1.29, 1.82) is 0 Å². The molecule has 0 bridgehead atoms. The van der Waals surface area contributed by atoms with Crippen LogP contribution in [0.5, 0.6) is 0 Å². The molecule has 0 amide bonds. The lowest BCUT2D eigenvalue weighted by atomic mass is 10.1. The van der Waals surface area contributed by atoms with E-state index < -0.39 is 0 Å². The van der Waals surface area contributed by atoms with E-state index >= 15 is 0 Å². The van der Waals surface area contributed by atoms with Gasteiger partial charge in [-0.3, -0.25) is 4.68 Å². The van der Waals surface area contributed by atoms with E-state index in [1.54, 1.807) is 6.07 Å². The largest absolute Gasteiger partial charge is 0.268 e. The summed E-state index contributed by atoms with van der Waals surface area (Å²) in [6.07, 6.45) is 0. The second-order valence-corrected chi connectivity index (χ2v) is 5.34. The van der Waals surface area contributed by atoms with Gasteiger partial charge in [0.15, 0.2) is 0 Å². The first-order chi connectivity index (χ1) is 8.04. The predicted octanol–water partition coefficient (Wildman–Crippen LogP) is 4.54. The Morgan fingerprint density at radius 2 is 2.06 bits per heavy atom. The van der Waals surface area contributed by atoms with Gasteiger partial charge in [-0.05, 0) is 57.8 Å². The quantitative estimate of drug-likeness (QED) is 0.767. The van der Waals surface area contributed by atoms with Gasteiger partial charge in [0.05, 0.1) is 14.6 Å². The highest BCUT2D eigenvalue weighted by Crippen LogP contribution is 2.31. The minimum Gasteiger partial charge on any atom is -0.268 e. The van der Waals surface area contributed by atoms with Crippen LogP contribution in [-0.4, -0.2) is 9.78 Å². The van der Waals surface area contributed by atoms with Crippen LogP contribution >= 0.6 is 31.9 Å². The Morgan fingerprint density at radius 1 is 1.35 bits per heavy atom. The van der Waals surface area contributed by atoms with E-state index in [9.17, 15) is 4.39 Å². The van der Waals surface area contributed by atoms with E-state index in [0.717, 1.165) is 28.0 Å². The molecule has 0 aliphatic rings. The van der Waals surface area contributed by atoms with E-state index in [1.165, 1.54) is 6.07 Å². The number of hydrogen-bond acceptors (Lipinski definition) is 1. The van der Waals surface area contributed by atoms with Gasteiger partial charge in [0.25, 0.3) is 0 Å². The molecule has 1 heterocycles. The molecular weight excluding hydrogens is 351 g/mol. The van der Waals surface area contributed by atoms with E-state index in [1.807, 2.05) is 24.6 Å². The van der Waals surface area contributed by atoms with Gasteiger partial charge < -0.3 is 0 Å². The molecule has 1 aromatic heterocycles. The first-order valence-electron chi connectivity index (χ1n) is 5.23. The van der Waals surface area contributed by atoms with Crippen molar-refractivity contribution in [3.05, 3.63) is 38.7 Å². The van der Waals surface area contributed by atoms with Crippen molar-refractivity contribution in [3.63, 3.8) is 0 Å². The summed E-state index contributed by atoms with van der Waals surface area (Å²) in [5, 5.41) is 4.46. The van der Waals surface area contributed by atoms with Crippen LogP contribution < -0.4 is 0 Å². The molecule has 1 aromatic carbocycles. The van der Waals surface area contributed by atoms with E-state index in [2.05, 4.69) is 37.0 Å². The lowest BCUT2D eigenvalue weighted by Gasteiger charge is -2.00. The van der Waals surface area contributed by atoms with Gasteiger partial charge in [-0.2, -0.15) is 5.10 Å². The number of nitrogens with zero attached hydrogens (tertiary/aromatic N) is 2. The maximum absolute atomic E-state index is 13.5. The molecule has 0 aliphatic carbocycles. The molecule has 2 aromatic rings. The highest BCUT2D eigenvalue weighted by Gasteiger charge is 2.14. The zero-order valence-electron chi connectivity index (χ0n) is 9.47. The number of aryl methyl sites for hydroxylation is 1. The Bertz CT molecular complexity index is 564. The molecule has 5 heteroatoms. The number of hydrogen-bond donors (Lipinski definition) is 0. The van der Waals surface area contributed by atoms with Crippen molar-refractivity contribution in [2.45, 2.75) is 20.4 Å². The molecule has 0 spiro atoms. The molecular formula is C12H11Br2FN2. The summed E-state index contributed by atoms with van der Waals surface area (Å²) in [4.78, 5) is 0. The van der Waals surface area contributed by atoms with Crippen molar-refractivity contribution >= 4 is 31.9 Å². The molecule has 17 heavy (non-hydrogen) atoms. The minimum absolute atomic E-state index is 0.280. The zero-order valence-corrected chi connectivity index (χ0v) is 12.6. The van der Waals surface area contributed by atoms with Crippen LogP contribution in [0.2, 0.25) is 0 Å². The van der Waals surface area contributed by atoms with Crippen molar-refractivity contribution in [3.8, 4) is 11.3 Å². The molecule has 2 rings (SSSR count). The molecule has 90 valence electrons. The third kappa shape index (κ3) is 2.31. The van der Waals surface area contributed by atoms with Gasteiger partial charge in [0.2, 0.25) is 0 Å². The fraction of sp³-hybridized carbons (Fsp3) is 0.250. The number of rotatable bonds is 2. The summed E-state index contributed by atoms with van der Waals surface area (Å²) in [6.45, 7) is 4.81. The van der Waals surface area contributed by atoms with Gasteiger partial charge in [0, 0.05) is 12.1 Å². The summed E-state index contributed by atoms with van der Waals surface area (Å²) < 4.78 is 16.8. The van der Waals surface area contributed by atoms with Crippen LogP contribution in [0, 0.1) is 12.7 Å². The second kappa shape index (κ2) is 4.90. The third-order valence-electron chi connectivity index (χ3n) is 2.63. The van der Waals surface area contributed by atoms with Crippen LogP contribution in [-0.2, 0) is 6.54 Å². The Morgan fingerprint density at radius 3 is 2.59 bits per heavy atom. The fourth-order valence-electron chi connectivity index (χ4n) is 1.66. The summed E-state index contributed by atoms with van der Waals surface area (Å²) in [6, 6.07) is 5.02. The standard InChI is InChI=1S/C12H11Br2FN2/c1-3-17-7(2)11(14)12(16-17)8-4-5-9(13)10(15)6-8/h4-6H,3H2,1-2H3. The predicted molar refractivity (Wildman–Crippen MR) is 73.4 cm³/mol. The molecule has 0 saturated heterocycles. The Hall–Kier alpha value is -0.680. The highest BCUT2D eigenvalue weighted by molar-refractivity contribution is 9.10. The molecule has 0 fully saturated rings. The van der Waals surface area contributed by atoms with Gasteiger partial charge in [-0.1, -0.05) is 6.07 Å². The maximum atomic E-state index is 13.5. The summed E-state index contributed by atoms with van der Waals surface area (Å²) >= 11 is 6.65. The molecule has 0 radical (unpaired) electrons. The second-order valence-electron chi connectivity index (χ2n) is 3.69. The van der Waals surface area contributed by atoms with Crippen LogP contribution in [0.15, 0.2) is 27.1 Å². The first-order valence-corrected chi connectivity index (χ1v) is 6.81. The van der Waals surface area contributed by atoms with Crippen LogP contribution in [0.3, 0.4) is 0 Å². The van der Waals surface area contributed by atoms with Crippen molar-refractivity contribution < 1.29 is 4.39 Å². The average Bonchev–Trinajstić information content (AvgIpc) is 2.60. The van der Waals surface area contributed by atoms with E-state index in [4.69, 9.17) is 0 Å². The third-order valence-corrected chi connectivity index (χ3v) is 4.22. The number of benzene rings is 1. The average molecular weight is 362 g/mol. The highest BCUT2D eigenvalue weighted by atomic mass is 79.9. The van der Waals surface area contributed by atoms with Crippen LogP contribution in [0.1, 0.15) is 12.6 Å². The van der Waals surface area contributed by atoms with E-state index in [0.29, 0.717) is 4.47 Å². The number of aromatic nitrogens is 2. The summed E-state index contributed by atoms with van der Waals surface area (Å²) in [7, 11) is 0. The lowest BCUT2D eigenvalue weighted by Crippen LogP contribution is -1.98. The van der Waals surface area contributed by atoms with Gasteiger partial charge in [-0.25, -0.2) is 4.39 Å². The monoisotopic (exact) mass is 360 g/mol. The SMILES string of the molecule is CCn1nc(-c2ccc(Br)c(F)c2)c(Br)c1C. The molecule has 2 nitrogen and oxygen atoms in total. The van der Waals surface area contributed by atoms with Gasteiger partial charge in [-0.15, -0.1) is 0 Å². The van der Waals surface area contributed by atoms with Gasteiger partial charge in [0.1, 0.15) is 11.5 Å². The Kier molecular flexibility index (Phi) is 3.68. The maximum Gasteiger partial charge on any atom is 0.138 e. The van der Waals surface area contributed by atoms with Crippen molar-refractivity contribution in [2.75, 3.05) is 0 Å². The summed E-state index contributed by atoms with van der Waals surface area (Å²) in [5.74, 6) is -0.280. The zero-order chi connectivity index (χ0) is 12.6. The molecule has 0 atom stereocenters. The molecule has 0 aliphatic heterocycles. The Labute approximate surface area is 116 Å². The lowest BCUT2D eigenvalue weighted by molar-refractivity contribution is 0.621. The molecule has 0 N–H and O–H groups in total. The first kappa shape index (κ1) is 12.8. The smallest absolute Gasteiger partial charge is 0.138 e. The normalized spacial score (nSPS) is 10.9. The van der Waals surface area contributed by atoms with Crippen LogP contribution in [0.4, 0.5) is 4.39 Å². The summed E-state index contributed by atoms with van der Waals surface area (Å²) in [5.41, 5.74) is 2.59. The van der Waals surface area contributed by atoms with Crippen LogP contribution in [0.25, 0.3) is 11.3 Å². The van der Waals surface area contributed by atoms with Gasteiger partial charge >= 0.3 is 0 Å². The molecule has 0 saturated carbocycles. The fourth-order valence-corrected chi connectivity index (χ4v) is 2.42. The van der Waals surface area contributed by atoms with E-state index in [-0.39, 0.29) is 5.82 Å². The topological polar surface area (TPSA) is 17.8 Å².